The third-order valence-electron chi connectivity index (χ3n) is 3.64. The standard InChI is InChI=1S/C15H17ClN2O4/c1-9(15(21)22)7-17-14(20)10-6-13(19)18(8-10)12-4-2-11(16)3-5-12/h2-5,9-10H,6-8H2,1H3,(H,17,20)(H,21,22). The minimum absolute atomic E-state index is 0.0554. The number of halogens is 1. The summed E-state index contributed by atoms with van der Waals surface area (Å²) in [7, 11) is 0. The van der Waals surface area contributed by atoms with E-state index in [2.05, 4.69) is 5.32 Å². The molecule has 1 aliphatic heterocycles. The van der Waals surface area contributed by atoms with Crippen LogP contribution in [0.5, 0.6) is 0 Å². The van der Waals surface area contributed by atoms with Crippen LogP contribution < -0.4 is 10.2 Å². The molecule has 6 nitrogen and oxygen atoms in total. The Morgan fingerprint density at radius 2 is 2.05 bits per heavy atom. The lowest BCUT2D eigenvalue weighted by molar-refractivity contribution is -0.141. The number of carbonyl (C=O) groups excluding carboxylic acids is 2. The second kappa shape index (κ2) is 6.79. The summed E-state index contributed by atoms with van der Waals surface area (Å²) in [6, 6.07) is 6.83. The number of aliphatic carboxylic acids is 1. The molecular formula is C15H17ClN2O4. The van der Waals surface area contributed by atoms with Crippen LogP contribution in [0.3, 0.4) is 0 Å². The molecule has 0 saturated carbocycles. The maximum absolute atomic E-state index is 12.0. The Hall–Kier alpha value is -2.08. The number of carboxylic acid groups (broad SMARTS) is 1. The lowest BCUT2D eigenvalue weighted by Crippen LogP contribution is -2.37. The van der Waals surface area contributed by atoms with E-state index in [0.717, 1.165) is 0 Å². The number of amides is 2. The van der Waals surface area contributed by atoms with Gasteiger partial charge in [0.25, 0.3) is 0 Å². The van der Waals surface area contributed by atoms with E-state index in [1.807, 2.05) is 0 Å². The van der Waals surface area contributed by atoms with Crippen LogP contribution in [0.1, 0.15) is 13.3 Å². The number of hydrogen-bond acceptors (Lipinski definition) is 3. The van der Waals surface area contributed by atoms with Crippen molar-refractivity contribution in [2.45, 2.75) is 13.3 Å². The first-order valence-electron chi connectivity index (χ1n) is 6.95. The second-order valence-electron chi connectivity index (χ2n) is 5.37. The van der Waals surface area contributed by atoms with E-state index < -0.39 is 17.8 Å². The van der Waals surface area contributed by atoms with Crippen LogP contribution in [0.2, 0.25) is 5.02 Å². The first kappa shape index (κ1) is 16.3. The van der Waals surface area contributed by atoms with Gasteiger partial charge in [-0.1, -0.05) is 18.5 Å². The van der Waals surface area contributed by atoms with Crippen molar-refractivity contribution in [2.24, 2.45) is 11.8 Å². The summed E-state index contributed by atoms with van der Waals surface area (Å²) >= 11 is 5.81. The summed E-state index contributed by atoms with van der Waals surface area (Å²) in [4.78, 5) is 36.4. The first-order valence-corrected chi connectivity index (χ1v) is 7.32. The van der Waals surface area contributed by atoms with Crippen molar-refractivity contribution in [3.05, 3.63) is 29.3 Å². The zero-order valence-electron chi connectivity index (χ0n) is 12.1. The molecule has 118 valence electrons. The molecule has 1 heterocycles. The molecule has 0 bridgehead atoms. The molecule has 0 aliphatic carbocycles. The van der Waals surface area contributed by atoms with E-state index in [1.165, 1.54) is 6.92 Å². The van der Waals surface area contributed by atoms with Gasteiger partial charge in [0.1, 0.15) is 0 Å². The highest BCUT2D eigenvalue weighted by Gasteiger charge is 2.35. The number of nitrogens with one attached hydrogen (secondary N) is 1. The van der Waals surface area contributed by atoms with Gasteiger partial charge in [-0.2, -0.15) is 0 Å². The maximum Gasteiger partial charge on any atom is 0.308 e. The summed E-state index contributed by atoms with van der Waals surface area (Å²) in [5.41, 5.74) is 0.698. The molecule has 1 aliphatic rings. The number of benzene rings is 1. The average molecular weight is 325 g/mol. The number of carboxylic acids is 1. The smallest absolute Gasteiger partial charge is 0.308 e. The Labute approximate surface area is 133 Å². The molecule has 0 spiro atoms. The fraction of sp³-hybridized carbons (Fsp3) is 0.400. The lowest BCUT2D eigenvalue weighted by atomic mass is 10.1. The third kappa shape index (κ3) is 3.76. The van der Waals surface area contributed by atoms with Crippen LogP contribution in [0.15, 0.2) is 24.3 Å². The van der Waals surface area contributed by atoms with Gasteiger partial charge in [0, 0.05) is 30.2 Å². The van der Waals surface area contributed by atoms with Gasteiger partial charge in [-0.05, 0) is 24.3 Å². The van der Waals surface area contributed by atoms with Gasteiger partial charge in [0.2, 0.25) is 11.8 Å². The monoisotopic (exact) mass is 324 g/mol. The average Bonchev–Trinajstić information content (AvgIpc) is 2.87. The summed E-state index contributed by atoms with van der Waals surface area (Å²) < 4.78 is 0. The highest BCUT2D eigenvalue weighted by molar-refractivity contribution is 6.30. The SMILES string of the molecule is CC(CNC(=O)C1CC(=O)N(c2ccc(Cl)cc2)C1)C(=O)O. The van der Waals surface area contributed by atoms with Crippen LogP contribution in [0, 0.1) is 11.8 Å². The van der Waals surface area contributed by atoms with Crippen LogP contribution in [0.25, 0.3) is 0 Å². The molecule has 1 aromatic rings. The van der Waals surface area contributed by atoms with Gasteiger partial charge < -0.3 is 15.3 Å². The maximum atomic E-state index is 12.0. The minimum atomic E-state index is -0.967. The molecule has 2 amide bonds. The lowest BCUT2D eigenvalue weighted by Gasteiger charge is -2.17. The van der Waals surface area contributed by atoms with E-state index in [0.29, 0.717) is 10.7 Å². The Morgan fingerprint density at radius 3 is 2.64 bits per heavy atom. The van der Waals surface area contributed by atoms with Crippen molar-refractivity contribution < 1.29 is 19.5 Å². The predicted octanol–water partition coefficient (Wildman–Crippen LogP) is 1.53. The number of rotatable bonds is 5. The number of carbonyl (C=O) groups is 3. The summed E-state index contributed by atoms with van der Waals surface area (Å²) in [6.45, 7) is 1.86. The Balaban J connectivity index is 1.95. The molecule has 2 rings (SSSR count). The van der Waals surface area contributed by atoms with Gasteiger partial charge >= 0.3 is 5.97 Å². The van der Waals surface area contributed by atoms with Crippen molar-refractivity contribution in [3.8, 4) is 0 Å². The van der Waals surface area contributed by atoms with Gasteiger partial charge in [0.05, 0.1) is 11.8 Å². The molecule has 2 atom stereocenters. The largest absolute Gasteiger partial charge is 0.481 e. The highest BCUT2D eigenvalue weighted by Crippen LogP contribution is 2.26. The van der Waals surface area contributed by atoms with E-state index in [4.69, 9.17) is 16.7 Å². The van der Waals surface area contributed by atoms with Gasteiger partial charge in [0.15, 0.2) is 0 Å². The molecule has 2 unspecified atom stereocenters. The van der Waals surface area contributed by atoms with Crippen LogP contribution in [-0.4, -0.2) is 36.0 Å². The van der Waals surface area contributed by atoms with E-state index >= 15 is 0 Å². The molecule has 7 heteroatoms. The normalized spacial score (nSPS) is 19.1. The van der Waals surface area contributed by atoms with Crippen LogP contribution >= 0.6 is 11.6 Å². The zero-order valence-corrected chi connectivity index (χ0v) is 12.8. The summed E-state index contributed by atoms with van der Waals surface area (Å²) in [6.07, 6.45) is 0.121. The van der Waals surface area contributed by atoms with Gasteiger partial charge in [-0.15, -0.1) is 0 Å². The Bertz CT molecular complexity index is 588. The Kier molecular flexibility index (Phi) is 5.03. The van der Waals surface area contributed by atoms with Crippen molar-refractivity contribution in [1.29, 1.82) is 0 Å². The predicted molar refractivity (Wildman–Crippen MR) is 81.7 cm³/mol. The van der Waals surface area contributed by atoms with Gasteiger partial charge in [-0.3, -0.25) is 14.4 Å². The second-order valence-corrected chi connectivity index (χ2v) is 5.80. The fourth-order valence-electron chi connectivity index (χ4n) is 2.24. The number of nitrogens with zero attached hydrogens (tertiary/aromatic N) is 1. The molecule has 1 fully saturated rings. The topological polar surface area (TPSA) is 86.7 Å². The molecule has 1 aromatic carbocycles. The molecule has 0 radical (unpaired) electrons. The summed E-state index contributed by atoms with van der Waals surface area (Å²) in [5.74, 6) is -2.52. The molecule has 22 heavy (non-hydrogen) atoms. The fourth-order valence-corrected chi connectivity index (χ4v) is 2.37. The van der Waals surface area contributed by atoms with Gasteiger partial charge in [-0.25, -0.2) is 0 Å². The first-order chi connectivity index (χ1) is 10.4. The molecule has 1 saturated heterocycles. The summed E-state index contributed by atoms with van der Waals surface area (Å²) in [5, 5.41) is 12.0. The molecular weight excluding hydrogens is 308 g/mol. The van der Waals surface area contributed by atoms with E-state index in [-0.39, 0.29) is 31.3 Å². The number of anilines is 1. The van der Waals surface area contributed by atoms with Crippen molar-refractivity contribution in [1.82, 2.24) is 5.32 Å². The zero-order chi connectivity index (χ0) is 16.3. The molecule has 0 aromatic heterocycles. The van der Waals surface area contributed by atoms with E-state index in [9.17, 15) is 14.4 Å². The van der Waals surface area contributed by atoms with Crippen molar-refractivity contribution >= 4 is 35.1 Å². The van der Waals surface area contributed by atoms with Crippen LogP contribution in [0.4, 0.5) is 5.69 Å². The van der Waals surface area contributed by atoms with Crippen molar-refractivity contribution in [3.63, 3.8) is 0 Å². The van der Waals surface area contributed by atoms with Crippen LogP contribution in [-0.2, 0) is 14.4 Å². The number of hydrogen-bond donors (Lipinski definition) is 2. The molecule has 2 N–H and O–H groups in total. The quantitative estimate of drug-likeness (QED) is 0.860. The Morgan fingerprint density at radius 1 is 1.41 bits per heavy atom. The van der Waals surface area contributed by atoms with E-state index in [1.54, 1.807) is 29.2 Å². The van der Waals surface area contributed by atoms with Crippen molar-refractivity contribution in [2.75, 3.05) is 18.0 Å². The highest BCUT2D eigenvalue weighted by atomic mass is 35.5. The third-order valence-corrected chi connectivity index (χ3v) is 3.89. The minimum Gasteiger partial charge on any atom is -0.481 e.